The molecule has 0 radical (unpaired) electrons. The van der Waals surface area contributed by atoms with Crippen molar-refractivity contribution in [2.24, 2.45) is 0 Å². The third-order valence-corrected chi connectivity index (χ3v) is 3.13. The molecule has 0 amide bonds. The van der Waals surface area contributed by atoms with Crippen molar-refractivity contribution >= 4 is 16.9 Å². The second kappa shape index (κ2) is 4.77. The van der Waals surface area contributed by atoms with Crippen molar-refractivity contribution < 1.29 is 14.3 Å². The highest BCUT2D eigenvalue weighted by Gasteiger charge is 2.13. The summed E-state index contributed by atoms with van der Waals surface area (Å²) >= 11 is 0. The van der Waals surface area contributed by atoms with E-state index in [1.54, 1.807) is 29.1 Å². The van der Waals surface area contributed by atoms with Crippen molar-refractivity contribution in [1.82, 2.24) is 9.55 Å². The molecule has 0 saturated carbocycles. The highest BCUT2D eigenvalue weighted by Crippen LogP contribution is 2.22. The van der Waals surface area contributed by atoms with Gasteiger partial charge in [0.25, 0.3) is 0 Å². The van der Waals surface area contributed by atoms with Crippen LogP contribution in [0.1, 0.15) is 15.9 Å². The predicted octanol–water partition coefficient (Wildman–Crippen LogP) is 2.92. The molecule has 0 aliphatic carbocycles. The van der Waals surface area contributed by atoms with Crippen LogP contribution in [-0.2, 0) is 6.54 Å². The van der Waals surface area contributed by atoms with Gasteiger partial charge in [0.1, 0.15) is 5.82 Å². The Morgan fingerprint density at radius 3 is 2.85 bits per heavy atom. The van der Waals surface area contributed by atoms with Crippen LogP contribution in [0.3, 0.4) is 0 Å². The number of carbonyl (C=O) groups is 1. The van der Waals surface area contributed by atoms with Gasteiger partial charge in [-0.25, -0.2) is 9.18 Å². The van der Waals surface area contributed by atoms with E-state index in [-0.39, 0.29) is 5.56 Å². The van der Waals surface area contributed by atoms with E-state index in [2.05, 4.69) is 4.98 Å². The molecule has 4 nitrogen and oxygen atoms in total. The maximum absolute atomic E-state index is 13.2. The summed E-state index contributed by atoms with van der Waals surface area (Å²) in [4.78, 5) is 15.0. The molecule has 0 atom stereocenters. The molecule has 0 fully saturated rings. The number of carboxylic acids is 1. The van der Waals surface area contributed by atoms with E-state index >= 15 is 0 Å². The maximum atomic E-state index is 13.2. The molecule has 5 heteroatoms. The van der Waals surface area contributed by atoms with Crippen LogP contribution in [0, 0.1) is 5.82 Å². The summed E-state index contributed by atoms with van der Waals surface area (Å²) < 4.78 is 14.9. The monoisotopic (exact) mass is 270 g/mol. The topological polar surface area (TPSA) is 55.1 Å². The highest BCUT2D eigenvalue weighted by molar-refractivity contribution is 6.03. The second-order valence-corrected chi connectivity index (χ2v) is 4.50. The summed E-state index contributed by atoms with van der Waals surface area (Å²) in [5, 5.41) is 9.89. The molecular weight excluding hydrogens is 259 g/mol. The number of hydrogen-bond donors (Lipinski definition) is 1. The zero-order chi connectivity index (χ0) is 14.1. The van der Waals surface area contributed by atoms with Crippen LogP contribution in [0.15, 0.2) is 48.9 Å². The number of hydrogen-bond acceptors (Lipinski definition) is 2. The Bertz CT molecular complexity index is 795. The number of pyridine rings is 1. The number of nitrogens with zero attached hydrogens (tertiary/aromatic N) is 2. The number of para-hydroxylation sites is 1. The first kappa shape index (κ1) is 12.3. The first-order valence-corrected chi connectivity index (χ1v) is 6.06. The van der Waals surface area contributed by atoms with Crippen molar-refractivity contribution in [3.8, 4) is 0 Å². The molecule has 20 heavy (non-hydrogen) atoms. The molecule has 0 spiro atoms. The SMILES string of the molecule is O=C(O)c1cn(Cc2cncc(F)c2)c2ccccc12. The van der Waals surface area contributed by atoms with Crippen molar-refractivity contribution in [2.45, 2.75) is 6.54 Å². The maximum Gasteiger partial charge on any atom is 0.337 e. The van der Waals surface area contributed by atoms with Gasteiger partial charge in [0, 0.05) is 29.8 Å². The van der Waals surface area contributed by atoms with Gasteiger partial charge in [0.05, 0.1) is 11.8 Å². The third-order valence-electron chi connectivity index (χ3n) is 3.13. The first-order chi connectivity index (χ1) is 9.65. The number of carboxylic acid groups (broad SMARTS) is 1. The fourth-order valence-corrected chi connectivity index (χ4v) is 2.29. The van der Waals surface area contributed by atoms with Crippen molar-refractivity contribution in [3.63, 3.8) is 0 Å². The zero-order valence-electron chi connectivity index (χ0n) is 10.5. The number of aromatic nitrogens is 2. The number of halogens is 1. The molecule has 0 aliphatic heterocycles. The van der Waals surface area contributed by atoms with E-state index in [0.29, 0.717) is 17.5 Å². The van der Waals surface area contributed by atoms with E-state index in [1.165, 1.54) is 6.07 Å². The Morgan fingerprint density at radius 2 is 2.10 bits per heavy atom. The van der Waals surface area contributed by atoms with Crippen molar-refractivity contribution in [1.29, 1.82) is 0 Å². The Morgan fingerprint density at radius 1 is 1.30 bits per heavy atom. The summed E-state index contributed by atoms with van der Waals surface area (Å²) in [7, 11) is 0. The smallest absolute Gasteiger partial charge is 0.337 e. The second-order valence-electron chi connectivity index (χ2n) is 4.50. The molecule has 0 unspecified atom stereocenters. The number of benzene rings is 1. The highest BCUT2D eigenvalue weighted by atomic mass is 19.1. The van der Waals surface area contributed by atoms with Crippen LogP contribution in [0.5, 0.6) is 0 Å². The summed E-state index contributed by atoms with van der Waals surface area (Å²) in [6.45, 7) is 0.374. The van der Waals surface area contributed by atoms with E-state index in [4.69, 9.17) is 0 Å². The largest absolute Gasteiger partial charge is 0.478 e. The van der Waals surface area contributed by atoms with E-state index in [1.807, 2.05) is 12.1 Å². The van der Waals surface area contributed by atoms with Gasteiger partial charge in [-0.15, -0.1) is 0 Å². The predicted molar refractivity (Wildman–Crippen MR) is 72.2 cm³/mol. The lowest BCUT2D eigenvalue weighted by molar-refractivity contribution is 0.0699. The average molecular weight is 270 g/mol. The zero-order valence-corrected chi connectivity index (χ0v) is 10.5. The van der Waals surface area contributed by atoms with Crippen LogP contribution in [0.2, 0.25) is 0 Å². The summed E-state index contributed by atoms with van der Waals surface area (Å²) in [5.74, 6) is -1.38. The van der Waals surface area contributed by atoms with Crippen LogP contribution in [0.4, 0.5) is 4.39 Å². The molecule has 3 rings (SSSR count). The molecule has 2 heterocycles. The van der Waals surface area contributed by atoms with E-state index in [9.17, 15) is 14.3 Å². The summed E-state index contributed by atoms with van der Waals surface area (Å²) in [6.07, 6.45) is 4.27. The van der Waals surface area contributed by atoms with Gasteiger partial charge < -0.3 is 9.67 Å². The lowest BCUT2D eigenvalue weighted by Gasteiger charge is -2.05. The standard InChI is InChI=1S/C15H11FN2O2/c16-11-5-10(6-17-7-11)8-18-9-13(15(19)20)12-3-1-2-4-14(12)18/h1-7,9H,8H2,(H,19,20). The Labute approximate surface area is 114 Å². The third kappa shape index (κ3) is 2.14. The van der Waals surface area contributed by atoms with Gasteiger partial charge in [0.15, 0.2) is 0 Å². The van der Waals surface area contributed by atoms with Crippen LogP contribution < -0.4 is 0 Å². The van der Waals surface area contributed by atoms with Gasteiger partial charge in [-0.1, -0.05) is 18.2 Å². The lowest BCUT2D eigenvalue weighted by Crippen LogP contribution is -1.99. The quantitative estimate of drug-likeness (QED) is 0.796. The Hall–Kier alpha value is -2.69. The lowest BCUT2D eigenvalue weighted by atomic mass is 10.2. The van der Waals surface area contributed by atoms with E-state index in [0.717, 1.165) is 11.7 Å². The normalized spacial score (nSPS) is 10.8. The number of aromatic carboxylic acids is 1. The van der Waals surface area contributed by atoms with Crippen LogP contribution in [0.25, 0.3) is 10.9 Å². The van der Waals surface area contributed by atoms with Crippen molar-refractivity contribution in [2.75, 3.05) is 0 Å². The van der Waals surface area contributed by atoms with Gasteiger partial charge in [-0.3, -0.25) is 4.98 Å². The minimum Gasteiger partial charge on any atom is -0.478 e. The molecular formula is C15H11FN2O2. The molecule has 1 N–H and O–H groups in total. The molecule has 1 aromatic carbocycles. The Balaban J connectivity index is 2.10. The number of fused-ring (bicyclic) bond motifs is 1. The fourth-order valence-electron chi connectivity index (χ4n) is 2.29. The molecule has 100 valence electrons. The molecule has 0 saturated heterocycles. The molecule has 2 aromatic heterocycles. The molecule has 0 aliphatic rings. The molecule has 3 aromatic rings. The summed E-state index contributed by atoms with van der Waals surface area (Å²) in [6, 6.07) is 8.63. The minimum absolute atomic E-state index is 0.241. The van der Waals surface area contributed by atoms with Crippen LogP contribution >= 0.6 is 0 Å². The number of rotatable bonds is 3. The van der Waals surface area contributed by atoms with Gasteiger partial charge in [-0.05, 0) is 17.7 Å². The first-order valence-electron chi connectivity index (χ1n) is 6.06. The van der Waals surface area contributed by atoms with Gasteiger partial charge >= 0.3 is 5.97 Å². The van der Waals surface area contributed by atoms with Crippen LogP contribution in [-0.4, -0.2) is 20.6 Å². The fraction of sp³-hybridized carbons (Fsp3) is 0.0667. The molecule has 0 bridgehead atoms. The van der Waals surface area contributed by atoms with E-state index < -0.39 is 11.8 Å². The average Bonchev–Trinajstić information content (AvgIpc) is 2.78. The van der Waals surface area contributed by atoms with Gasteiger partial charge in [-0.2, -0.15) is 0 Å². The Kier molecular flexibility index (Phi) is 2.95. The van der Waals surface area contributed by atoms with Crippen molar-refractivity contribution in [3.05, 3.63) is 65.9 Å². The van der Waals surface area contributed by atoms with Gasteiger partial charge in [0.2, 0.25) is 0 Å². The minimum atomic E-state index is -0.975. The summed E-state index contributed by atoms with van der Waals surface area (Å²) in [5.41, 5.74) is 1.72.